The molecule has 3 aromatic rings. The molecule has 0 fully saturated rings. The molecule has 4 rings (SSSR count). The van der Waals surface area contributed by atoms with E-state index in [9.17, 15) is 4.79 Å². The highest BCUT2D eigenvalue weighted by Gasteiger charge is 2.23. The predicted molar refractivity (Wildman–Crippen MR) is 165 cm³/mol. The van der Waals surface area contributed by atoms with Crippen LogP contribution in [0, 0.1) is 0 Å². The summed E-state index contributed by atoms with van der Waals surface area (Å²) in [5.74, 6) is 0. The van der Waals surface area contributed by atoms with E-state index in [4.69, 9.17) is 40.9 Å². The monoisotopic (exact) mass is 640 g/mol. The second-order valence-electron chi connectivity index (χ2n) is 8.93. The number of halogens is 3. The first-order valence-corrected chi connectivity index (χ1v) is 14.2. The Balaban J connectivity index is 0.00000130. The zero-order valence-electron chi connectivity index (χ0n) is 27.9. The fourth-order valence-electron chi connectivity index (χ4n) is 3.98. The molecule has 0 unspecified atom stereocenters. The summed E-state index contributed by atoms with van der Waals surface area (Å²) in [4.78, 5) is 13.3. The molecule has 210 valence electrons. The van der Waals surface area contributed by atoms with Gasteiger partial charge in [0.1, 0.15) is 11.4 Å². The van der Waals surface area contributed by atoms with Crippen molar-refractivity contribution in [3.63, 3.8) is 0 Å². The van der Waals surface area contributed by atoms with Gasteiger partial charge >= 0.3 is 6.09 Å². The third-order valence-electron chi connectivity index (χ3n) is 5.59. The average Bonchev–Trinajstić information content (AvgIpc) is 3.41. The number of carbonyl (C=O) groups excluding carboxylic acids is 1. The van der Waals surface area contributed by atoms with Crippen molar-refractivity contribution in [1.29, 1.82) is 0 Å². The van der Waals surface area contributed by atoms with E-state index in [1.54, 1.807) is 31.2 Å². The van der Waals surface area contributed by atoms with Crippen LogP contribution in [0.3, 0.4) is 0 Å². The number of fused-ring (bicyclic) bond motifs is 1. The van der Waals surface area contributed by atoms with Crippen LogP contribution >= 0.6 is 39.1 Å². The van der Waals surface area contributed by atoms with Crippen molar-refractivity contribution < 1.29 is 22.5 Å². The standard InChI is InChI=1S/C29H33BrN2O3.C2H4Cl2/c1-22(31-29(33)35-21-24-11-6-3-7-12-24)17-25-18-26-13-15-32(28(26)27(30)19-25)14-8-16-34-20-23-9-4-2-5-10-23;1-2(3)4/h2-7,9-12,18-19,22H,8,13-17,20-21H2,1H3,(H,31,33);2H,1H3/t22-;/m0./s1/i8D2,14D2,16D2;. The van der Waals surface area contributed by atoms with E-state index < -0.39 is 25.5 Å². The van der Waals surface area contributed by atoms with Crippen LogP contribution in [0.15, 0.2) is 77.3 Å². The SMILES string of the molecule is CC(Cl)Cl.[2H]C([2H])(OCc1ccccc1)C([2H])([2H])C([2H])([2H])N1CCc2cc(C[C@H](C)NC(=O)OCc3ccccc3)cc(Br)c21. The number of amides is 1. The Morgan fingerprint density at radius 3 is 2.28 bits per heavy atom. The smallest absolute Gasteiger partial charge is 0.407 e. The van der Waals surface area contributed by atoms with Crippen LogP contribution < -0.4 is 10.2 Å². The van der Waals surface area contributed by atoms with Gasteiger partial charge in [-0.05, 0) is 77.3 Å². The minimum atomic E-state index is -3.02. The normalized spacial score (nSPS) is 16.3. The second kappa shape index (κ2) is 16.8. The lowest BCUT2D eigenvalue weighted by Gasteiger charge is -2.21. The highest BCUT2D eigenvalue weighted by Crippen LogP contribution is 2.37. The molecule has 1 heterocycles. The minimum Gasteiger partial charge on any atom is -0.445 e. The molecule has 0 spiro atoms. The summed E-state index contributed by atoms with van der Waals surface area (Å²) in [7, 11) is 0. The summed E-state index contributed by atoms with van der Waals surface area (Å²) in [6.45, 7) is -1.95. The number of nitrogens with one attached hydrogen (secondary N) is 1. The minimum absolute atomic E-state index is 0.165. The van der Waals surface area contributed by atoms with Gasteiger partial charge in [0, 0.05) is 35.6 Å². The van der Waals surface area contributed by atoms with Crippen LogP contribution in [-0.4, -0.2) is 36.6 Å². The molecule has 3 aromatic carbocycles. The number of alkyl carbamates (subject to hydrolysis) is 1. The predicted octanol–water partition coefficient (Wildman–Crippen LogP) is 8.09. The first kappa shape index (κ1) is 23.5. The van der Waals surface area contributed by atoms with Gasteiger partial charge < -0.3 is 19.7 Å². The molecular weight excluding hydrogens is 599 g/mol. The molecule has 0 saturated heterocycles. The number of carbonyl (C=O) groups is 1. The number of hydrogen-bond acceptors (Lipinski definition) is 4. The highest BCUT2D eigenvalue weighted by molar-refractivity contribution is 9.10. The van der Waals surface area contributed by atoms with E-state index in [0.717, 1.165) is 16.7 Å². The fraction of sp³-hybridized carbons (Fsp3) is 0.387. The van der Waals surface area contributed by atoms with Crippen LogP contribution in [0.4, 0.5) is 10.5 Å². The van der Waals surface area contributed by atoms with Gasteiger partial charge in [-0.25, -0.2) is 4.79 Å². The van der Waals surface area contributed by atoms with Gasteiger partial charge in [0.25, 0.3) is 0 Å². The maximum atomic E-state index is 12.3. The molecule has 0 bridgehead atoms. The fourth-order valence-corrected chi connectivity index (χ4v) is 4.74. The molecule has 0 radical (unpaired) electrons. The Bertz CT molecular complexity index is 1400. The Hall–Kier alpha value is -2.25. The van der Waals surface area contributed by atoms with Crippen LogP contribution in [0.1, 0.15) is 50.7 Å². The van der Waals surface area contributed by atoms with Crippen molar-refractivity contribution in [1.82, 2.24) is 5.32 Å². The summed E-state index contributed by atoms with van der Waals surface area (Å²) < 4.78 is 62.4. The van der Waals surface area contributed by atoms with Crippen LogP contribution in [-0.2, 0) is 35.5 Å². The Kier molecular flexibility index (Phi) is 10.1. The first-order valence-electron chi connectivity index (χ1n) is 15.6. The molecule has 0 saturated carbocycles. The third kappa shape index (κ3) is 11.4. The summed E-state index contributed by atoms with van der Waals surface area (Å²) in [5.41, 5.74) is 3.73. The van der Waals surface area contributed by atoms with E-state index in [-0.39, 0.29) is 30.6 Å². The molecule has 5 nitrogen and oxygen atoms in total. The number of ether oxygens (including phenoxy) is 2. The van der Waals surface area contributed by atoms with Crippen LogP contribution in [0.2, 0.25) is 0 Å². The lowest BCUT2D eigenvalue weighted by Crippen LogP contribution is -2.34. The quantitative estimate of drug-likeness (QED) is 0.215. The van der Waals surface area contributed by atoms with E-state index in [1.807, 2.05) is 55.5 Å². The molecule has 1 aliphatic heterocycles. The molecule has 1 aliphatic rings. The maximum absolute atomic E-state index is 12.3. The van der Waals surface area contributed by atoms with Crippen molar-refractivity contribution in [3.05, 3.63) is 99.5 Å². The number of nitrogens with zero attached hydrogens (tertiary/aromatic N) is 1. The number of alkyl halides is 2. The second-order valence-corrected chi connectivity index (χ2v) is 11.3. The molecule has 39 heavy (non-hydrogen) atoms. The summed E-state index contributed by atoms with van der Waals surface area (Å²) in [6, 6.07) is 21.7. The number of anilines is 1. The van der Waals surface area contributed by atoms with Crippen molar-refractivity contribution in [2.75, 3.05) is 24.5 Å². The summed E-state index contributed by atoms with van der Waals surface area (Å²) in [6.07, 6.45) is -2.60. The first-order chi connectivity index (χ1) is 21.0. The van der Waals surface area contributed by atoms with Gasteiger partial charge in [-0.2, -0.15) is 0 Å². The Labute approximate surface area is 259 Å². The molecule has 8 heteroatoms. The van der Waals surface area contributed by atoms with E-state index >= 15 is 0 Å². The van der Waals surface area contributed by atoms with Crippen molar-refractivity contribution in [2.24, 2.45) is 0 Å². The number of benzene rings is 3. The topological polar surface area (TPSA) is 50.8 Å². The zero-order valence-corrected chi connectivity index (χ0v) is 25.0. The van der Waals surface area contributed by atoms with Gasteiger partial charge in [-0.15, -0.1) is 23.2 Å². The summed E-state index contributed by atoms with van der Waals surface area (Å²) >= 11 is 13.6. The average molecular weight is 642 g/mol. The lowest BCUT2D eigenvalue weighted by molar-refractivity contribution is 0.119. The van der Waals surface area contributed by atoms with Crippen molar-refractivity contribution in [3.8, 4) is 0 Å². The van der Waals surface area contributed by atoms with Crippen LogP contribution in [0.25, 0.3) is 0 Å². The molecule has 1 atom stereocenters. The third-order valence-corrected chi connectivity index (χ3v) is 6.20. The largest absolute Gasteiger partial charge is 0.445 e. The molecular formula is C31H37BrCl2N2O3. The summed E-state index contributed by atoms with van der Waals surface area (Å²) in [5, 5.41) is 2.83. The highest BCUT2D eigenvalue weighted by atomic mass is 79.9. The van der Waals surface area contributed by atoms with Crippen molar-refractivity contribution >= 4 is 50.9 Å². The van der Waals surface area contributed by atoms with E-state index in [0.29, 0.717) is 28.6 Å². The molecule has 0 aromatic heterocycles. The van der Waals surface area contributed by atoms with Gasteiger partial charge in [-0.3, -0.25) is 0 Å². The Morgan fingerprint density at radius 2 is 1.64 bits per heavy atom. The zero-order chi connectivity index (χ0) is 33.4. The van der Waals surface area contributed by atoms with Gasteiger partial charge in [-0.1, -0.05) is 66.7 Å². The van der Waals surface area contributed by atoms with E-state index in [1.165, 1.54) is 4.90 Å². The molecule has 1 amide bonds. The van der Waals surface area contributed by atoms with E-state index in [2.05, 4.69) is 21.2 Å². The van der Waals surface area contributed by atoms with Gasteiger partial charge in [0.15, 0.2) is 0 Å². The van der Waals surface area contributed by atoms with Crippen molar-refractivity contribution in [2.45, 2.75) is 57.2 Å². The Morgan fingerprint density at radius 1 is 1.03 bits per heavy atom. The maximum Gasteiger partial charge on any atom is 0.407 e. The number of rotatable bonds is 11. The van der Waals surface area contributed by atoms with Crippen LogP contribution in [0.5, 0.6) is 0 Å². The van der Waals surface area contributed by atoms with Gasteiger partial charge in [0.2, 0.25) is 0 Å². The number of hydrogen-bond donors (Lipinski definition) is 1. The molecule has 0 aliphatic carbocycles. The lowest BCUT2D eigenvalue weighted by atomic mass is 10.0. The molecule has 1 N–H and O–H groups in total. The van der Waals surface area contributed by atoms with Gasteiger partial charge in [0.05, 0.1) is 15.0 Å².